The average molecular weight is 326 g/mol. The van der Waals surface area contributed by atoms with Crippen molar-refractivity contribution in [3.63, 3.8) is 0 Å². The molecule has 90 valence electrons. The van der Waals surface area contributed by atoms with Crippen molar-refractivity contribution in [2.75, 3.05) is 19.5 Å². The van der Waals surface area contributed by atoms with Crippen LogP contribution in [-0.4, -0.2) is 19.5 Å². The number of hydrogen-bond donors (Lipinski definition) is 0. The Kier molecular flexibility index (Phi) is 19.2. The Morgan fingerprint density at radius 1 is 1.40 bits per heavy atom. The molecule has 0 fully saturated rings. The molecular weight excluding hydrogens is 308 g/mol. The van der Waals surface area contributed by atoms with E-state index >= 15 is 0 Å². The first-order chi connectivity index (χ1) is 7.00. The molecule has 0 atom stereocenters. The zero-order valence-electron chi connectivity index (χ0n) is 9.25. The summed E-state index contributed by atoms with van der Waals surface area (Å²) < 4.78 is 0. The van der Waals surface area contributed by atoms with E-state index in [1.165, 1.54) is 6.16 Å². The summed E-state index contributed by atoms with van der Waals surface area (Å²) in [5.74, 6) is 0. The fourth-order valence-electron chi connectivity index (χ4n) is 0.705. The van der Waals surface area contributed by atoms with E-state index in [0.29, 0.717) is 7.92 Å². The van der Waals surface area contributed by atoms with Gasteiger partial charge in [-0.25, -0.2) is 12.2 Å². The van der Waals surface area contributed by atoms with E-state index in [1.54, 1.807) is 0 Å². The van der Waals surface area contributed by atoms with Gasteiger partial charge >= 0.3 is 41.8 Å². The van der Waals surface area contributed by atoms with Gasteiger partial charge in [-0.15, -0.1) is 14.3 Å². The Balaban J connectivity index is 0. The quantitative estimate of drug-likeness (QED) is 0.476. The molecule has 1 rings (SSSR count). The van der Waals surface area contributed by atoms with Crippen molar-refractivity contribution in [1.29, 1.82) is 0 Å². The molecule has 0 bridgehead atoms. The Hall–Kier alpha value is 1.36. The van der Waals surface area contributed by atoms with Crippen LogP contribution < -0.4 is 0 Å². The number of hydrogen-bond acceptors (Lipinski definition) is 0. The second-order valence-electron chi connectivity index (χ2n) is 2.87. The molecule has 0 aromatic heterocycles. The number of rotatable bonds is 2. The Bertz CT molecular complexity index is 157. The van der Waals surface area contributed by atoms with Gasteiger partial charge in [0.2, 0.25) is 0 Å². The summed E-state index contributed by atoms with van der Waals surface area (Å²) in [6, 6.07) is 0. The van der Waals surface area contributed by atoms with Crippen molar-refractivity contribution in [1.82, 2.24) is 0 Å². The summed E-state index contributed by atoms with van der Waals surface area (Å²) in [5, 5.41) is 0. The van der Waals surface area contributed by atoms with Crippen LogP contribution >= 0.6 is 37.5 Å². The summed E-state index contributed by atoms with van der Waals surface area (Å²) in [6.07, 6.45) is 13.5. The number of allylic oxidation sites excluding steroid dienone is 4. The summed E-state index contributed by atoms with van der Waals surface area (Å²) in [4.78, 5) is 0. The van der Waals surface area contributed by atoms with Gasteiger partial charge in [0.25, 0.3) is 0 Å². The van der Waals surface area contributed by atoms with Crippen molar-refractivity contribution in [3.8, 4) is 0 Å². The first-order valence-corrected chi connectivity index (χ1v) is 12.6. The van der Waals surface area contributed by atoms with Crippen LogP contribution in [0.1, 0.15) is 13.3 Å². The summed E-state index contributed by atoms with van der Waals surface area (Å²) in [7, 11) is 15.2. The summed E-state index contributed by atoms with van der Waals surface area (Å²) >= 11 is -1.77. The third-order valence-corrected chi connectivity index (χ3v) is 2.23. The second-order valence-corrected chi connectivity index (χ2v) is 12.3. The Labute approximate surface area is 113 Å². The predicted octanol–water partition coefficient (Wildman–Crippen LogP) is 5.32. The van der Waals surface area contributed by atoms with Crippen LogP contribution in [0.25, 0.3) is 0 Å². The number of halogens is 3. The van der Waals surface area contributed by atoms with E-state index < -0.39 is 12.3 Å². The van der Waals surface area contributed by atoms with Crippen LogP contribution in [0.5, 0.6) is 0 Å². The molecule has 1 aliphatic rings. The monoisotopic (exact) mass is 324 g/mol. The van der Waals surface area contributed by atoms with Gasteiger partial charge in [-0.2, -0.15) is 19.2 Å². The molecule has 0 N–H and O–H groups in total. The molecule has 0 aliphatic heterocycles. The van der Waals surface area contributed by atoms with Crippen molar-refractivity contribution < 1.29 is 12.3 Å². The minimum atomic E-state index is -1.77. The molecule has 0 spiro atoms. The molecule has 15 heavy (non-hydrogen) atoms. The van der Waals surface area contributed by atoms with Crippen molar-refractivity contribution in [2.45, 2.75) is 13.3 Å². The molecular formula is C10H17Cl3PV-2. The van der Waals surface area contributed by atoms with Gasteiger partial charge in [-0.05, 0) is 13.3 Å². The molecule has 0 aromatic carbocycles. The van der Waals surface area contributed by atoms with Gasteiger partial charge in [-0.1, -0.05) is 0 Å². The van der Waals surface area contributed by atoms with Gasteiger partial charge in [0, 0.05) is 0 Å². The van der Waals surface area contributed by atoms with Crippen LogP contribution in [0.4, 0.5) is 0 Å². The van der Waals surface area contributed by atoms with Crippen LogP contribution in [0, 0.1) is 12.5 Å². The van der Waals surface area contributed by atoms with Crippen molar-refractivity contribution in [2.24, 2.45) is 0 Å². The predicted molar refractivity (Wildman–Crippen MR) is 72.7 cm³/mol. The van der Waals surface area contributed by atoms with E-state index in [1.807, 2.05) is 12.2 Å². The topological polar surface area (TPSA) is 0 Å². The Morgan fingerprint density at radius 3 is 2.00 bits per heavy atom. The third kappa shape index (κ3) is 31.3. The third-order valence-electron chi connectivity index (χ3n) is 1.13. The molecule has 0 amide bonds. The normalized spacial score (nSPS) is 12.3. The molecule has 0 heterocycles. The first-order valence-electron chi connectivity index (χ1n) is 4.42. The zero-order valence-corrected chi connectivity index (χ0v) is 13.8. The standard InChI is InChI=1S/C5H12P.C5H5.3ClH.V/c1-4-5-6(2)3;1-2-4-5-3-1;;;;/h4H,5H2,1-3H3;1-3H,4H2;3*1H;/q2*-1;;;;+3/p-3. The molecule has 1 aliphatic carbocycles. The summed E-state index contributed by atoms with van der Waals surface area (Å²) in [6.45, 7) is 6.69. The van der Waals surface area contributed by atoms with E-state index in [0.717, 1.165) is 6.42 Å². The minimum absolute atomic E-state index is 0.344. The first kappa shape index (κ1) is 18.7. The summed E-state index contributed by atoms with van der Waals surface area (Å²) in [5.41, 5.74) is 0. The molecule has 5 heteroatoms. The molecule has 0 saturated heterocycles. The van der Waals surface area contributed by atoms with Crippen LogP contribution in [0.2, 0.25) is 0 Å². The molecule has 0 saturated carbocycles. The SMILES string of the molecule is C[CH-]CP(C)C.[C-]1=CC=CC1.[Cl][V]([Cl])[Cl]. The van der Waals surface area contributed by atoms with E-state index in [-0.39, 0.29) is 0 Å². The average Bonchev–Trinajstić information content (AvgIpc) is 2.58. The molecule has 0 aromatic rings. The van der Waals surface area contributed by atoms with Gasteiger partial charge in [0.15, 0.2) is 0 Å². The van der Waals surface area contributed by atoms with Crippen molar-refractivity contribution >= 4 is 37.5 Å². The molecule has 0 unspecified atom stereocenters. The van der Waals surface area contributed by atoms with E-state index in [9.17, 15) is 0 Å². The van der Waals surface area contributed by atoms with Gasteiger partial charge in [0.1, 0.15) is 0 Å². The van der Waals surface area contributed by atoms with E-state index in [2.05, 4.69) is 38.8 Å². The van der Waals surface area contributed by atoms with Crippen LogP contribution in [-0.2, 0) is 12.3 Å². The maximum atomic E-state index is 4.95. The fraction of sp³-hybridized carbons (Fsp3) is 0.500. The fourth-order valence-corrected chi connectivity index (χ4v) is 1.44. The second kappa shape index (κ2) is 15.4. The van der Waals surface area contributed by atoms with Gasteiger partial charge in [0.05, 0.1) is 0 Å². The van der Waals surface area contributed by atoms with E-state index in [4.69, 9.17) is 29.5 Å². The molecule has 0 radical (unpaired) electrons. The van der Waals surface area contributed by atoms with Crippen LogP contribution in [0.15, 0.2) is 18.2 Å². The zero-order chi connectivity index (χ0) is 12.1. The Morgan fingerprint density at radius 2 is 1.93 bits per heavy atom. The van der Waals surface area contributed by atoms with Gasteiger partial charge in [-0.3, -0.25) is 6.08 Å². The van der Waals surface area contributed by atoms with Crippen LogP contribution in [0.3, 0.4) is 0 Å². The molecule has 0 nitrogen and oxygen atoms in total. The maximum absolute atomic E-state index is 4.95. The van der Waals surface area contributed by atoms with Crippen molar-refractivity contribution in [3.05, 3.63) is 30.7 Å². The van der Waals surface area contributed by atoms with Gasteiger partial charge < -0.3 is 6.42 Å².